The van der Waals surface area contributed by atoms with Crippen LogP contribution in [0.5, 0.6) is 0 Å². The molecule has 0 saturated carbocycles. The summed E-state index contributed by atoms with van der Waals surface area (Å²) in [6.45, 7) is 4.14. The molecule has 3 heterocycles. The van der Waals surface area contributed by atoms with Crippen molar-refractivity contribution in [1.82, 2.24) is 14.5 Å². The van der Waals surface area contributed by atoms with Crippen LogP contribution in [0.15, 0.2) is 53.4 Å². The normalized spacial score (nSPS) is 24.3. The molecule has 31 heavy (non-hydrogen) atoms. The van der Waals surface area contributed by atoms with Crippen molar-refractivity contribution in [3.63, 3.8) is 0 Å². The van der Waals surface area contributed by atoms with Crippen molar-refractivity contribution >= 4 is 28.4 Å². The lowest BCUT2D eigenvalue weighted by Gasteiger charge is -2.20. The van der Waals surface area contributed by atoms with Gasteiger partial charge in [0.1, 0.15) is 35.8 Å². The van der Waals surface area contributed by atoms with Crippen molar-refractivity contribution in [1.29, 1.82) is 0 Å². The first-order chi connectivity index (χ1) is 14.8. The van der Waals surface area contributed by atoms with Gasteiger partial charge in [-0.1, -0.05) is 18.2 Å². The molecule has 0 radical (unpaired) electrons. The van der Waals surface area contributed by atoms with Gasteiger partial charge in [0.15, 0.2) is 0 Å². The molecule has 1 aliphatic carbocycles. The highest BCUT2D eigenvalue weighted by Crippen LogP contribution is 2.40. The molecule has 8 heteroatoms. The van der Waals surface area contributed by atoms with Gasteiger partial charge in [0.2, 0.25) is 0 Å². The molecule has 2 aliphatic rings. The summed E-state index contributed by atoms with van der Waals surface area (Å²) in [5.74, 6) is 1.02. The number of fused-ring (bicyclic) bond motifs is 2. The molecule has 3 aromatic rings. The first kappa shape index (κ1) is 19.7. The molecule has 0 saturated heterocycles. The summed E-state index contributed by atoms with van der Waals surface area (Å²) in [7, 11) is 0. The van der Waals surface area contributed by atoms with E-state index in [0.717, 1.165) is 34.2 Å². The van der Waals surface area contributed by atoms with Gasteiger partial charge in [-0.25, -0.2) is 15.0 Å². The van der Waals surface area contributed by atoms with Crippen LogP contribution in [-0.4, -0.2) is 42.8 Å². The molecule has 0 fully saturated rings. The SMILES string of the molecule is CC1(C)C(N)=Nc2cc(CCC3=CC(n4ccc5c(N)ncnc54)[C@@H](O)C3O)ccc21. The second-order valence-corrected chi connectivity index (χ2v) is 8.86. The van der Waals surface area contributed by atoms with Gasteiger partial charge < -0.3 is 26.2 Å². The summed E-state index contributed by atoms with van der Waals surface area (Å²) in [6, 6.07) is 7.65. The lowest BCUT2D eigenvalue weighted by molar-refractivity contribution is 0.0317. The van der Waals surface area contributed by atoms with Crippen LogP contribution >= 0.6 is 0 Å². The quantitative estimate of drug-likeness (QED) is 0.479. The maximum absolute atomic E-state index is 10.7. The number of aliphatic imine (C=N–C) groups is 1. The first-order valence-corrected chi connectivity index (χ1v) is 10.4. The van der Waals surface area contributed by atoms with Gasteiger partial charge in [0.05, 0.1) is 17.1 Å². The Kier molecular flexibility index (Phi) is 4.39. The van der Waals surface area contributed by atoms with Crippen molar-refractivity contribution in [2.24, 2.45) is 10.7 Å². The number of aliphatic hydroxyl groups excluding tert-OH is 2. The molecule has 0 bridgehead atoms. The van der Waals surface area contributed by atoms with E-state index in [9.17, 15) is 10.2 Å². The van der Waals surface area contributed by atoms with E-state index in [4.69, 9.17) is 11.5 Å². The number of aryl methyl sites for hydroxylation is 1. The van der Waals surface area contributed by atoms with Gasteiger partial charge in [0.25, 0.3) is 0 Å². The number of aromatic nitrogens is 3. The van der Waals surface area contributed by atoms with Gasteiger partial charge in [-0.05, 0) is 55.5 Å². The Balaban J connectivity index is 1.38. The fourth-order valence-electron chi connectivity index (χ4n) is 4.58. The summed E-state index contributed by atoms with van der Waals surface area (Å²) in [5.41, 5.74) is 16.4. The average molecular weight is 419 g/mol. The van der Waals surface area contributed by atoms with E-state index in [1.165, 1.54) is 6.33 Å². The zero-order chi connectivity index (χ0) is 21.9. The lowest BCUT2D eigenvalue weighted by atomic mass is 9.84. The van der Waals surface area contributed by atoms with E-state index >= 15 is 0 Å². The van der Waals surface area contributed by atoms with Crippen LogP contribution in [-0.2, 0) is 11.8 Å². The summed E-state index contributed by atoms with van der Waals surface area (Å²) in [4.78, 5) is 12.8. The van der Waals surface area contributed by atoms with E-state index in [-0.39, 0.29) is 5.41 Å². The maximum Gasteiger partial charge on any atom is 0.146 e. The van der Waals surface area contributed by atoms with E-state index in [1.807, 2.05) is 22.9 Å². The number of aliphatic hydroxyl groups is 2. The third-order valence-corrected chi connectivity index (χ3v) is 6.62. The summed E-state index contributed by atoms with van der Waals surface area (Å²) in [6.07, 6.45) is 4.64. The van der Waals surface area contributed by atoms with E-state index < -0.39 is 18.2 Å². The highest BCUT2D eigenvalue weighted by atomic mass is 16.3. The minimum absolute atomic E-state index is 0.248. The summed E-state index contributed by atoms with van der Waals surface area (Å²) < 4.78 is 1.84. The molecule has 0 amide bonds. The smallest absolute Gasteiger partial charge is 0.146 e. The van der Waals surface area contributed by atoms with Crippen molar-refractivity contribution in [2.45, 2.75) is 50.4 Å². The second-order valence-electron chi connectivity index (χ2n) is 8.86. The van der Waals surface area contributed by atoms with Gasteiger partial charge >= 0.3 is 0 Å². The Morgan fingerprint density at radius 2 is 1.90 bits per heavy atom. The molecule has 160 valence electrons. The fourth-order valence-corrected chi connectivity index (χ4v) is 4.58. The van der Waals surface area contributed by atoms with Crippen molar-refractivity contribution < 1.29 is 10.2 Å². The van der Waals surface area contributed by atoms with Crippen molar-refractivity contribution in [2.75, 3.05) is 5.73 Å². The minimum atomic E-state index is -0.952. The summed E-state index contributed by atoms with van der Waals surface area (Å²) in [5, 5.41) is 22.1. The van der Waals surface area contributed by atoms with Crippen LogP contribution in [0.4, 0.5) is 11.5 Å². The molecule has 5 rings (SSSR count). The maximum atomic E-state index is 10.7. The topological polar surface area (TPSA) is 136 Å². The highest BCUT2D eigenvalue weighted by Gasteiger charge is 2.36. The number of nitrogens with zero attached hydrogens (tertiary/aromatic N) is 4. The van der Waals surface area contributed by atoms with E-state index in [1.54, 1.807) is 0 Å². The third kappa shape index (κ3) is 3.02. The van der Waals surface area contributed by atoms with Crippen LogP contribution < -0.4 is 11.5 Å². The molecular formula is C23H26N6O2. The highest BCUT2D eigenvalue weighted by molar-refractivity contribution is 5.98. The molecule has 2 unspecified atom stereocenters. The second kappa shape index (κ2) is 6.90. The number of rotatable bonds is 4. The number of anilines is 1. The summed E-state index contributed by atoms with van der Waals surface area (Å²) >= 11 is 0. The number of nitrogen functional groups attached to an aromatic ring is 1. The first-order valence-electron chi connectivity index (χ1n) is 10.4. The molecule has 1 aliphatic heterocycles. The van der Waals surface area contributed by atoms with Gasteiger partial charge in [-0.2, -0.15) is 0 Å². The van der Waals surface area contributed by atoms with Crippen LogP contribution in [0.1, 0.15) is 37.4 Å². The average Bonchev–Trinajstić information content (AvgIpc) is 3.35. The zero-order valence-corrected chi connectivity index (χ0v) is 17.5. The van der Waals surface area contributed by atoms with Gasteiger partial charge in [-0.15, -0.1) is 0 Å². The van der Waals surface area contributed by atoms with E-state index in [0.29, 0.717) is 23.7 Å². The fraction of sp³-hybridized carbons (Fsp3) is 0.348. The number of hydrogen-bond acceptors (Lipinski definition) is 7. The molecular weight excluding hydrogens is 392 g/mol. The Morgan fingerprint density at radius 3 is 2.71 bits per heavy atom. The predicted octanol–water partition coefficient (Wildman–Crippen LogP) is 2.13. The Morgan fingerprint density at radius 1 is 1.10 bits per heavy atom. The molecule has 0 spiro atoms. The standard InChI is InChI=1S/C23H26N6O2/c1-23(2)15-6-4-12(9-16(15)28-22(23)25)3-5-13-10-17(19(31)18(13)30)29-8-7-14-20(24)26-11-27-21(14)29/h4,6-11,17-19,30-31H,3,5H2,1-2H3,(H2,25,28)(H2,24,26,27)/t17?,18?,19-/m1/s1. The number of nitrogens with two attached hydrogens (primary N) is 2. The monoisotopic (exact) mass is 418 g/mol. The Labute approximate surface area is 180 Å². The molecule has 1 aromatic carbocycles. The minimum Gasteiger partial charge on any atom is -0.388 e. The predicted molar refractivity (Wildman–Crippen MR) is 120 cm³/mol. The van der Waals surface area contributed by atoms with Crippen LogP contribution in [0.2, 0.25) is 0 Å². The number of hydrogen-bond donors (Lipinski definition) is 4. The van der Waals surface area contributed by atoms with Crippen LogP contribution in [0.25, 0.3) is 11.0 Å². The molecule has 2 aromatic heterocycles. The number of amidine groups is 1. The van der Waals surface area contributed by atoms with Gasteiger partial charge in [-0.3, -0.25) is 0 Å². The van der Waals surface area contributed by atoms with Crippen LogP contribution in [0.3, 0.4) is 0 Å². The Hall–Kier alpha value is -3.23. The van der Waals surface area contributed by atoms with Crippen molar-refractivity contribution in [3.05, 3.63) is 59.6 Å². The molecule has 8 nitrogen and oxygen atoms in total. The third-order valence-electron chi connectivity index (χ3n) is 6.62. The van der Waals surface area contributed by atoms with Crippen molar-refractivity contribution in [3.8, 4) is 0 Å². The van der Waals surface area contributed by atoms with Crippen LogP contribution in [0, 0.1) is 0 Å². The van der Waals surface area contributed by atoms with E-state index in [2.05, 4.69) is 47.0 Å². The zero-order valence-electron chi connectivity index (χ0n) is 17.5. The molecule has 6 N–H and O–H groups in total. The largest absolute Gasteiger partial charge is 0.388 e. The van der Waals surface area contributed by atoms with Gasteiger partial charge in [0, 0.05) is 11.6 Å². The Bertz CT molecular complexity index is 1240. The molecule has 3 atom stereocenters. The number of benzene rings is 1. The lowest BCUT2D eigenvalue weighted by Crippen LogP contribution is -2.32.